The molecule has 202 valence electrons. The molecule has 0 radical (unpaired) electrons. The number of nitrogens with zero attached hydrogens (tertiary/aromatic N) is 3. The third-order valence-corrected chi connectivity index (χ3v) is 7.56. The zero-order valence-electron chi connectivity index (χ0n) is 22.1. The highest BCUT2D eigenvalue weighted by atomic mass is 16.5. The van der Waals surface area contributed by atoms with Crippen molar-refractivity contribution in [3.8, 4) is 5.75 Å². The molecule has 2 aromatic carbocycles. The number of hydrogen-bond acceptors (Lipinski definition) is 6. The Morgan fingerprint density at radius 1 is 0.947 bits per heavy atom. The summed E-state index contributed by atoms with van der Waals surface area (Å²) in [4.78, 5) is 30.5. The van der Waals surface area contributed by atoms with Crippen LogP contribution in [0.5, 0.6) is 5.75 Å². The summed E-state index contributed by atoms with van der Waals surface area (Å²) < 4.78 is 18.1. The lowest BCUT2D eigenvalue weighted by atomic mass is 10.1. The molecule has 2 aliphatic rings. The maximum Gasteiger partial charge on any atom is 0.257 e. The monoisotopic (exact) mass is 519 g/mol. The number of amides is 2. The summed E-state index contributed by atoms with van der Waals surface area (Å²) in [6.45, 7) is 4.88. The van der Waals surface area contributed by atoms with Crippen LogP contribution in [0.25, 0.3) is 11.0 Å². The van der Waals surface area contributed by atoms with Crippen LogP contribution >= 0.6 is 0 Å². The maximum absolute atomic E-state index is 13.4. The lowest BCUT2D eigenvalue weighted by Crippen LogP contribution is -2.35. The molecular weight excluding hydrogens is 482 g/mol. The minimum absolute atomic E-state index is 0.0171. The Hall–Kier alpha value is -3.39. The van der Waals surface area contributed by atoms with Gasteiger partial charge in [0, 0.05) is 25.1 Å². The predicted molar refractivity (Wildman–Crippen MR) is 144 cm³/mol. The molecule has 0 spiro atoms. The smallest absolute Gasteiger partial charge is 0.257 e. The highest BCUT2D eigenvalue weighted by Crippen LogP contribution is 2.27. The number of likely N-dealkylation sites (tertiary alicyclic amines) is 1. The van der Waals surface area contributed by atoms with E-state index < -0.39 is 0 Å². The summed E-state index contributed by atoms with van der Waals surface area (Å²) in [5.74, 6) is 0.478. The molecule has 0 saturated carbocycles. The first-order valence-corrected chi connectivity index (χ1v) is 13.9. The lowest BCUT2D eigenvalue weighted by Gasteiger charge is -2.25. The molecule has 8 heteroatoms. The number of aromatic nitrogens is 1. The second kappa shape index (κ2) is 12.4. The van der Waals surface area contributed by atoms with Gasteiger partial charge in [0.25, 0.3) is 5.91 Å². The summed E-state index contributed by atoms with van der Waals surface area (Å²) in [5.41, 5.74) is 1.86. The molecule has 2 atom stereocenters. The second-order valence-corrected chi connectivity index (χ2v) is 10.2. The van der Waals surface area contributed by atoms with Gasteiger partial charge in [-0.2, -0.15) is 0 Å². The molecule has 0 unspecified atom stereocenters. The standard InChI is InChI=1S/C30H37N3O5/c1-2-32-17-11-5-3-4-6-12-18-36-27-20-33(21-28(27)37-25-15-9-8-14-23(25)30(32)35)29(34)19-24-22-13-7-10-16-26(22)38-31-24/h7-10,13-16,27-28H,2-6,11-12,17-21H2,1H3/t27-,28-/m1/s1. The first-order valence-electron chi connectivity index (χ1n) is 13.9. The third kappa shape index (κ3) is 6.01. The van der Waals surface area contributed by atoms with Crippen LogP contribution in [0, 0.1) is 0 Å². The number of hydrogen-bond donors (Lipinski definition) is 0. The van der Waals surface area contributed by atoms with Gasteiger partial charge in [-0.3, -0.25) is 9.59 Å². The number of ether oxygens (including phenoxy) is 2. The average Bonchev–Trinajstić information content (AvgIpc) is 3.53. The van der Waals surface area contributed by atoms with Gasteiger partial charge in [-0.15, -0.1) is 0 Å². The van der Waals surface area contributed by atoms with Crippen LogP contribution in [0.15, 0.2) is 53.1 Å². The number of fused-ring (bicyclic) bond motifs is 3. The number of carbonyl (C=O) groups is 2. The van der Waals surface area contributed by atoms with E-state index in [-0.39, 0.29) is 30.4 Å². The minimum atomic E-state index is -0.370. The van der Waals surface area contributed by atoms with Crippen LogP contribution in [0.4, 0.5) is 0 Å². The molecule has 0 N–H and O–H groups in total. The molecule has 0 bridgehead atoms. The Morgan fingerprint density at radius 2 is 1.68 bits per heavy atom. The fourth-order valence-corrected chi connectivity index (χ4v) is 5.37. The minimum Gasteiger partial charge on any atom is -0.485 e. The van der Waals surface area contributed by atoms with Crippen molar-refractivity contribution in [2.75, 3.05) is 32.8 Å². The molecule has 3 heterocycles. The first-order chi connectivity index (χ1) is 18.6. The average molecular weight is 520 g/mol. The van der Waals surface area contributed by atoms with E-state index in [1.165, 1.54) is 0 Å². The SMILES string of the molecule is CCN1CCCCCCCCO[C@@H]2CN(C(=O)Cc3noc4ccccc34)C[C@H]2Oc2ccccc2C1=O. The number of benzene rings is 2. The maximum atomic E-state index is 13.4. The van der Waals surface area contributed by atoms with E-state index in [9.17, 15) is 9.59 Å². The van der Waals surface area contributed by atoms with Crippen molar-refractivity contribution in [2.45, 2.75) is 64.1 Å². The van der Waals surface area contributed by atoms with E-state index in [4.69, 9.17) is 14.0 Å². The van der Waals surface area contributed by atoms with Gasteiger partial charge >= 0.3 is 0 Å². The fourth-order valence-electron chi connectivity index (χ4n) is 5.37. The van der Waals surface area contributed by atoms with Crippen molar-refractivity contribution in [2.24, 2.45) is 0 Å². The number of carbonyl (C=O) groups excluding carboxylic acids is 2. The van der Waals surface area contributed by atoms with E-state index >= 15 is 0 Å². The van der Waals surface area contributed by atoms with Crippen LogP contribution in [-0.2, 0) is 16.0 Å². The van der Waals surface area contributed by atoms with Gasteiger partial charge in [0.05, 0.1) is 25.1 Å². The normalized spacial score (nSPS) is 21.7. The van der Waals surface area contributed by atoms with Crippen molar-refractivity contribution >= 4 is 22.8 Å². The summed E-state index contributed by atoms with van der Waals surface area (Å²) in [6, 6.07) is 15.0. The highest BCUT2D eigenvalue weighted by molar-refractivity contribution is 5.97. The summed E-state index contributed by atoms with van der Waals surface area (Å²) in [5, 5.41) is 4.98. The van der Waals surface area contributed by atoms with Crippen LogP contribution in [-0.4, -0.2) is 71.8 Å². The van der Waals surface area contributed by atoms with Crippen molar-refractivity contribution in [1.82, 2.24) is 15.0 Å². The molecule has 2 amide bonds. The molecule has 1 fully saturated rings. The molecule has 38 heavy (non-hydrogen) atoms. The molecule has 2 aliphatic heterocycles. The molecule has 8 nitrogen and oxygen atoms in total. The Kier molecular flexibility index (Phi) is 8.58. The largest absolute Gasteiger partial charge is 0.485 e. The highest BCUT2D eigenvalue weighted by Gasteiger charge is 2.38. The van der Waals surface area contributed by atoms with Crippen LogP contribution in [0.1, 0.15) is 61.5 Å². The Balaban J connectivity index is 1.35. The predicted octanol–water partition coefficient (Wildman–Crippen LogP) is 4.86. The first kappa shape index (κ1) is 26.2. The molecular formula is C30H37N3O5. The zero-order valence-corrected chi connectivity index (χ0v) is 22.1. The van der Waals surface area contributed by atoms with Gasteiger partial charge in [-0.1, -0.05) is 55.1 Å². The molecule has 3 aromatic rings. The van der Waals surface area contributed by atoms with E-state index in [1.807, 2.05) is 60.4 Å². The van der Waals surface area contributed by atoms with Gasteiger partial charge < -0.3 is 23.8 Å². The lowest BCUT2D eigenvalue weighted by molar-refractivity contribution is -0.130. The third-order valence-electron chi connectivity index (χ3n) is 7.56. The van der Waals surface area contributed by atoms with Gasteiger partial charge in [-0.25, -0.2) is 0 Å². The number of para-hydroxylation sites is 2. The molecule has 0 aliphatic carbocycles. The second-order valence-electron chi connectivity index (χ2n) is 10.2. The van der Waals surface area contributed by atoms with Crippen molar-refractivity contribution in [3.05, 3.63) is 59.8 Å². The van der Waals surface area contributed by atoms with Crippen molar-refractivity contribution in [3.63, 3.8) is 0 Å². The van der Waals surface area contributed by atoms with E-state index in [1.54, 1.807) is 4.90 Å². The van der Waals surface area contributed by atoms with Crippen molar-refractivity contribution < 1.29 is 23.6 Å². The van der Waals surface area contributed by atoms with Crippen LogP contribution in [0.2, 0.25) is 0 Å². The van der Waals surface area contributed by atoms with Gasteiger partial charge in [0.1, 0.15) is 23.7 Å². The quantitative estimate of drug-likeness (QED) is 0.491. The summed E-state index contributed by atoms with van der Waals surface area (Å²) in [7, 11) is 0. The Morgan fingerprint density at radius 3 is 2.55 bits per heavy atom. The van der Waals surface area contributed by atoms with Gasteiger partial charge in [0.2, 0.25) is 5.91 Å². The number of rotatable bonds is 3. The summed E-state index contributed by atoms with van der Waals surface area (Å²) in [6.07, 6.45) is 6.04. The van der Waals surface area contributed by atoms with Crippen LogP contribution < -0.4 is 4.74 Å². The molecule has 5 rings (SSSR count). The zero-order chi connectivity index (χ0) is 26.3. The van der Waals surface area contributed by atoms with E-state index in [2.05, 4.69) is 5.16 Å². The van der Waals surface area contributed by atoms with E-state index in [0.29, 0.717) is 48.8 Å². The molecule has 1 saturated heterocycles. The topological polar surface area (TPSA) is 85.1 Å². The van der Waals surface area contributed by atoms with Gasteiger partial charge in [-0.05, 0) is 44.0 Å². The van der Waals surface area contributed by atoms with Crippen molar-refractivity contribution in [1.29, 1.82) is 0 Å². The Bertz CT molecular complexity index is 1240. The Labute approximate surface area is 223 Å². The molecule has 1 aromatic heterocycles. The fraction of sp³-hybridized carbons (Fsp3) is 0.500. The van der Waals surface area contributed by atoms with E-state index in [0.717, 1.165) is 50.5 Å². The van der Waals surface area contributed by atoms with Gasteiger partial charge in [0.15, 0.2) is 5.58 Å². The van der Waals surface area contributed by atoms with Crippen LogP contribution in [0.3, 0.4) is 0 Å². The summed E-state index contributed by atoms with van der Waals surface area (Å²) >= 11 is 0.